The lowest BCUT2D eigenvalue weighted by atomic mass is 11.0. The van der Waals surface area contributed by atoms with Crippen LogP contribution in [0.3, 0.4) is 0 Å². The molecule has 0 amide bonds. The van der Waals surface area contributed by atoms with Gasteiger partial charge in [-0.15, -0.1) is 0 Å². The maximum atomic E-state index is 8.48. The van der Waals surface area contributed by atoms with E-state index in [1.165, 1.54) is 0 Å². The van der Waals surface area contributed by atoms with E-state index in [-0.39, 0.29) is 6.04 Å². The molecule has 0 fully saturated rings. The van der Waals surface area contributed by atoms with Crippen molar-refractivity contribution in [3.63, 3.8) is 0 Å². The summed E-state index contributed by atoms with van der Waals surface area (Å²) in [5, 5.41) is 0. The highest BCUT2D eigenvalue weighted by Crippen LogP contribution is 1.95. The van der Waals surface area contributed by atoms with Gasteiger partial charge in [-0.1, -0.05) is 6.92 Å². The molecular weight excluding hydrogens is 114 g/mol. The maximum absolute atomic E-state index is 8.48. The molecule has 0 aliphatic carbocycles. The van der Waals surface area contributed by atoms with Crippen LogP contribution in [0.4, 0.5) is 0 Å². The molecule has 0 aliphatic heterocycles. The predicted octanol–water partition coefficient (Wildman–Crippen LogP) is -1.18. The highest BCUT2D eigenvalue weighted by molar-refractivity contribution is 6.57. The van der Waals surface area contributed by atoms with Gasteiger partial charge in [-0.05, 0) is 0 Å². The number of hydrogen-bond donors (Lipinski definition) is 3. The Morgan fingerprint density at radius 2 is 2.14 bits per heavy atom. The van der Waals surface area contributed by atoms with Crippen molar-refractivity contribution in [2.24, 2.45) is 5.90 Å². The Kier molecular flexibility index (Phi) is 2.41. The van der Waals surface area contributed by atoms with Crippen LogP contribution in [0.15, 0.2) is 0 Å². The summed E-state index contributed by atoms with van der Waals surface area (Å²) in [6.07, 6.45) is 0. The van der Waals surface area contributed by atoms with Gasteiger partial charge in [0.2, 0.25) is 0 Å². The standard InChI is InChI=1S/C2H9NO3Si/c1-2-7(4,5)6-3/h4-5H,2-3H2,1H3. The van der Waals surface area contributed by atoms with Crippen LogP contribution in [-0.2, 0) is 4.53 Å². The summed E-state index contributed by atoms with van der Waals surface area (Å²) >= 11 is 0. The smallest absolute Gasteiger partial charge is 0.389 e. The number of nitrogens with two attached hydrogens (primary N) is 1. The van der Waals surface area contributed by atoms with Gasteiger partial charge in [-0.3, -0.25) is 4.53 Å². The van der Waals surface area contributed by atoms with Crippen molar-refractivity contribution in [2.75, 3.05) is 0 Å². The van der Waals surface area contributed by atoms with Gasteiger partial charge < -0.3 is 9.59 Å². The summed E-state index contributed by atoms with van der Waals surface area (Å²) in [5.74, 6) is 4.48. The Morgan fingerprint density at radius 1 is 1.71 bits per heavy atom. The maximum Gasteiger partial charge on any atom is 0.511 e. The molecule has 0 radical (unpaired) electrons. The van der Waals surface area contributed by atoms with E-state index in [1.807, 2.05) is 0 Å². The van der Waals surface area contributed by atoms with Crippen molar-refractivity contribution < 1.29 is 14.1 Å². The van der Waals surface area contributed by atoms with E-state index < -0.39 is 8.80 Å². The lowest BCUT2D eigenvalue weighted by Crippen LogP contribution is -2.40. The van der Waals surface area contributed by atoms with E-state index in [0.717, 1.165) is 0 Å². The fourth-order valence-corrected chi connectivity index (χ4v) is 0.250. The first-order valence-corrected chi connectivity index (χ1v) is 3.96. The summed E-state index contributed by atoms with van der Waals surface area (Å²) in [4.78, 5) is 17.0. The third-order valence-electron chi connectivity index (χ3n) is 0.649. The molecule has 44 valence electrons. The van der Waals surface area contributed by atoms with Gasteiger partial charge in [0, 0.05) is 6.04 Å². The Labute approximate surface area is 42.9 Å². The number of rotatable bonds is 2. The quantitative estimate of drug-likeness (QED) is 0.319. The molecule has 0 atom stereocenters. The molecule has 4 nitrogen and oxygen atoms in total. The van der Waals surface area contributed by atoms with Gasteiger partial charge in [0.25, 0.3) is 0 Å². The van der Waals surface area contributed by atoms with E-state index in [9.17, 15) is 0 Å². The topological polar surface area (TPSA) is 75.7 Å². The molecule has 0 heterocycles. The normalized spacial score (nSPS) is 12.0. The Bertz CT molecular complexity index is 50.9. The minimum Gasteiger partial charge on any atom is -0.389 e. The first-order valence-electron chi connectivity index (χ1n) is 1.95. The van der Waals surface area contributed by atoms with Crippen LogP contribution in [0.25, 0.3) is 0 Å². The molecular formula is C2H9NO3Si. The SMILES string of the molecule is CC[Si](O)(O)ON. The van der Waals surface area contributed by atoms with Crippen molar-refractivity contribution in [2.45, 2.75) is 13.0 Å². The van der Waals surface area contributed by atoms with Crippen LogP contribution in [0.2, 0.25) is 6.04 Å². The number of hydrogen-bond acceptors (Lipinski definition) is 4. The van der Waals surface area contributed by atoms with E-state index in [1.54, 1.807) is 6.92 Å². The molecule has 4 N–H and O–H groups in total. The van der Waals surface area contributed by atoms with Crippen LogP contribution in [0, 0.1) is 0 Å². The zero-order valence-corrected chi connectivity index (χ0v) is 5.09. The molecule has 0 aliphatic rings. The van der Waals surface area contributed by atoms with Crippen LogP contribution < -0.4 is 5.90 Å². The lowest BCUT2D eigenvalue weighted by Gasteiger charge is -2.08. The largest absolute Gasteiger partial charge is 0.511 e. The highest BCUT2D eigenvalue weighted by atomic mass is 28.4. The third-order valence-corrected chi connectivity index (χ3v) is 1.95. The summed E-state index contributed by atoms with van der Waals surface area (Å²) in [7, 11) is -3.37. The van der Waals surface area contributed by atoms with E-state index in [4.69, 9.17) is 9.59 Å². The summed E-state index contributed by atoms with van der Waals surface area (Å²) < 4.78 is 3.84. The van der Waals surface area contributed by atoms with Crippen LogP contribution in [0.5, 0.6) is 0 Å². The molecule has 0 aromatic carbocycles. The van der Waals surface area contributed by atoms with Crippen LogP contribution in [-0.4, -0.2) is 18.4 Å². The van der Waals surface area contributed by atoms with Gasteiger partial charge in [-0.25, -0.2) is 5.90 Å². The van der Waals surface area contributed by atoms with Crippen LogP contribution in [0.1, 0.15) is 6.92 Å². The second-order valence-electron chi connectivity index (χ2n) is 1.21. The minimum absolute atomic E-state index is 0.198. The van der Waals surface area contributed by atoms with Gasteiger partial charge in [-0.2, -0.15) is 0 Å². The van der Waals surface area contributed by atoms with Gasteiger partial charge in [0.15, 0.2) is 0 Å². The van der Waals surface area contributed by atoms with Crippen LogP contribution >= 0.6 is 0 Å². The summed E-state index contributed by atoms with van der Waals surface area (Å²) in [6, 6.07) is 0.198. The average molecular weight is 123 g/mol. The first-order chi connectivity index (χ1) is 3.12. The molecule has 0 aromatic heterocycles. The third kappa shape index (κ3) is 2.72. The van der Waals surface area contributed by atoms with Crippen molar-refractivity contribution >= 4 is 8.80 Å². The second-order valence-corrected chi connectivity index (χ2v) is 3.64. The molecule has 7 heavy (non-hydrogen) atoms. The molecule has 0 rings (SSSR count). The Morgan fingerprint density at radius 3 is 2.14 bits per heavy atom. The van der Waals surface area contributed by atoms with E-state index in [0.29, 0.717) is 0 Å². The molecule has 0 saturated heterocycles. The minimum atomic E-state index is -3.37. The summed E-state index contributed by atoms with van der Waals surface area (Å²) in [5.41, 5.74) is 0. The molecule has 0 saturated carbocycles. The second kappa shape index (κ2) is 2.39. The van der Waals surface area contributed by atoms with Gasteiger partial charge >= 0.3 is 8.80 Å². The van der Waals surface area contributed by atoms with E-state index >= 15 is 0 Å². The summed E-state index contributed by atoms with van der Waals surface area (Å²) in [6.45, 7) is 1.60. The van der Waals surface area contributed by atoms with Crippen molar-refractivity contribution in [1.82, 2.24) is 0 Å². The van der Waals surface area contributed by atoms with Crippen molar-refractivity contribution in [3.8, 4) is 0 Å². The molecule has 0 bridgehead atoms. The first kappa shape index (κ1) is 7.06. The molecule has 0 aromatic rings. The lowest BCUT2D eigenvalue weighted by molar-refractivity contribution is 0.151. The zero-order chi connectivity index (χ0) is 5.91. The molecule has 0 unspecified atom stereocenters. The predicted molar refractivity (Wildman–Crippen MR) is 25.9 cm³/mol. The van der Waals surface area contributed by atoms with Gasteiger partial charge in [0.1, 0.15) is 0 Å². The van der Waals surface area contributed by atoms with Gasteiger partial charge in [0.05, 0.1) is 0 Å². The molecule has 0 spiro atoms. The fraction of sp³-hybridized carbons (Fsp3) is 1.00. The van der Waals surface area contributed by atoms with Crippen molar-refractivity contribution in [3.05, 3.63) is 0 Å². The highest BCUT2D eigenvalue weighted by Gasteiger charge is 2.27. The van der Waals surface area contributed by atoms with E-state index in [2.05, 4.69) is 10.4 Å². The Balaban J connectivity index is 3.36. The molecule has 5 heteroatoms. The zero-order valence-electron chi connectivity index (χ0n) is 4.09. The monoisotopic (exact) mass is 123 g/mol. The fourth-order valence-electron chi connectivity index (χ4n) is 0.0833. The average Bonchev–Trinajstić information content (AvgIpc) is 1.68. The Hall–Kier alpha value is 0.0569. The van der Waals surface area contributed by atoms with Crippen molar-refractivity contribution in [1.29, 1.82) is 0 Å².